The molecule has 0 radical (unpaired) electrons. The molecule has 0 spiro atoms. The Kier molecular flexibility index (Phi) is 7.43. The molecule has 1 saturated carbocycles. The van der Waals surface area contributed by atoms with E-state index in [2.05, 4.69) is 10.3 Å². The monoisotopic (exact) mass is 580 g/mol. The Morgan fingerprint density at radius 3 is 2.56 bits per heavy atom. The maximum Gasteiger partial charge on any atom is 0.418 e. The van der Waals surface area contributed by atoms with Crippen LogP contribution in [0.2, 0.25) is 10.0 Å². The first kappa shape index (κ1) is 27.2. The molecule has 2 aliphatic rings. The first-order chi connectivity index (χ1) is 18.5. The van der Waals surface area contributed by atoms with Crippen LogP contribution >= 0.6 is 23.2 Å². The number of amidine groups is 1. The molecule has 1 aromatic heterocycles. The topological polar surface area (TPSA) is 78.3 Å². The lowest BCUT2D eigenvalue weighted by Crippen LogP contribution is -2.30. The molecule has 12 heteroatoms. The number of benzene rings is 2. The van der Waals surface area contributed by atoms with Crippen LogP contribution in [0.4, 0.5) is 17.6 Å². The predicted octanol–water partition coefficient (Wildman–Crippen LogP) is 6.86. The number of hydrogen-bond acceptors (Lipinski definition) is 4. The first-order valence-corrected chi connectivity index (χ1v) is 12.8. The van der Waals surface area contributed by atoms with Crippen LogP contribution in [0.5, 0.6) is 0 Å². The molecule has 2 N–H and O–H groups in total. The van der Waals surface area contributed by atoms with Gasteiger partial charge in [0.2, 0.25) is 0 Å². The van der Waals surface area contributed by atoms with Crippen molar-refractivity contribution in [2.24, 2.45) is 5.92 Å². The van der Waals surface area contributed by atoms with E-state index >= 15 is 0 Å². The lowest BCUT2D eigenvalue weighted by Gasteiger charge is -2.21. The molecule has 3 aromatic rings. The summed E-state index contributed by atoms with van der Waals surface area (Å²) in [5.41, 5.74) is -0.442. The van der Waals surface area contributed by atoms with E-state index in [1.54, 1.807) is 29.2 Å². The van der Waals surface area contributed by atoms with Gasteiger partial charge in [-0.15, -0.1) is 0 Å². The lowest BCUT2D eigenvalue weighted by atomic mass is 9.98. The summed E-state index contributed by atoms with van der Waals surface area (Å²) in [5.74, 6) is -1.46. The van der Waals surface area contributed by atoms with Gasteiger partial charge in [0, 0.05) is 17.7 Å². The maximum absolute atomic E-state index is 13.8. The fourth-order valence-electron chi connectivity index (χ4n) is 4.59. The van der Waals surface area contributed by atoms with Crippen molar-refractivity contribution in [2.75, 3.05) is 13.2 Å². The van der Waals surface area contributed by atoms with Gasteiger partial charge in [-0.2, -0.15) is 13.2 Å². The first-order valence-electron chi connectivity index (χ1n) is 12.1. The van der Waals surface area contributed by atoms with E-state index in [-0.39, 0.29) is 35.7 Å². The number of amides is 1. The Labute approximate surface area is 231 Å². The molecule has 39 heavy (non-hydrogen) atoms. The Hall–Kier alpha value is -3.37. The second-order valence-electron chi connectivity index (χ2n) is 9.50. The summed E-state index contributed by atoms with van der Waals surface area (Å²) in [6.45, 7) is 0.832. The van der Waals surface area contributed by atoms with E-state index in [4.69, 9.17) is 33.3 Å². The third-order valence-corrected chi connectivity index (χ3v) is 7.37. The van der Waals surface area contributed by atoms with Crippen molar-refractivity contribution in [3.8, 4) is 11.3 Å². The molecule has 0 unspecified atom stereocenters. The molecule has 2 aromatic carbocycles. The fraction of sp³-hybridized carbons (Fsp3) is 0.296. The number of nitrogens with one attached hydrogen (secondary N) is 2. The Balaban J connectivity index is 1.54. The summed E-state index contributed by atoms with van der Waals surface area (Å²) in [6.07, 6.45) is -2.39. The standard InChI is InChI=1S/C27H22Cl2F4N4O2/c28-21-4-3-16(10-22(21)29)23(15-1-2-15)36-25(38)18-8-14(13-37-5-6-39-26(37)34)7-17(9-18)24-20(27(31,32)33)11-19(30)12-35-24/h3-4,7-12,15,23,34H,1-2,5-6,13H2,(H,36,38)/t23-/m0/s1. The van der Waals surface area contributed by atoms with E-state index < -0.39 is 29.2 Å². The van der Waals surface area contributed by atoms with Crippen LogP contribution in [0.3, 0.4) is 0 Å². The summed E-state index contributed by atoms with van der Waals surface area (Å²) in [6, 6.07) is 9.35. The van der Waals surface area contributed by atoms with Crippen LogP contribution in [-0.2, 0) is 17.5 Å². The number of nitrogens with zero attached hydrogens (tertiary/aromatic N) is 2. The molecule has 2 fully saturated rings. The average molecular weight is 581 g/mol. The van der Waals surface area contributed by atoms with Gasteiger partial charge in [0.25, 0.3) is 11.9 Å². The van der Waals surface area contributed by atoms with Gasteiger partial charge in [-0.1, -0.05) is 29.3 Å². The Morgan fingerprint density at radius 2 is 1.92 bits per heavy atom. The van der Waals surface area contributed by atoms with Gasteiger partial charge in [0.05, 0.1) is 40.1 Å². The lowest BCUT2D eigenvalue weighted by molar-refractivity contribution is -0.137. The summed E-state index contributed by atoms with van der Waals surface area (Å²) in [4.78, 5) is 18.9. The number of carbonyl (C=O) groups is 1. The third-order valence-electron chi connectivity index (χ3n) is 6.63. The van der Waals surface area contributed by atoms with Crippen LogP contribution in [0.1, 0.15) is 45.9 Å². The summed E-state index contributed by atoms with van der Waals surface area (Å²) >= 11 is 12.3. The molecule has 6 nitrogen and oxygen atoms in total. The highest BCUT2D eigenvalue weighted by molar-refractivity contribution is 6.42. The normalized spacial score (nSPS) is 16.3. The summed E-state index contributed by atoms with van der Waals surface area (Å²) in [7, 11) is 0. The molecule has 0 bridgehead atoms. The van der Waals surface area contributed by atoms with Crippen LogP contribution in [0.15, 0.2) is 48.7 Å². The van der Waals surface area contributed by atoms with Crippen molar-refractivity contribution < 1.29 is 27.1 Å². The van der Waals surface area contributed by atoms with Gasteiger partial charge in [0.1, 0.15) is 12.4 Å². The number of ether oxygens (including phenoxy) is 1. The third kappa shape index (κ3) is 6.12. The Morgan fingerprint density at radius 1 is 1.15 bits per heavy atom. The Bertz CT molecular complexity index is 1450. The van der Waals surface area contributed by atoms with Gasteiger partial charge in [0.15, 0.2) is 0 Å². The van der Waals surface area contributed by atoms with Crippen molar-refractivity contribution >= 4 is 35.1 Å². The highest BCUT2D eigenvalue weighted by Gasteiger charge is 2.36. The minimum absolute atomic E-state index is 0.00543. The van der Waals surface area contributed by atoms with Crippen molar-refractivity contribution in [2.45, 2.75) is 31.6 Å². The second-order valence-corrected chi connectivity index (χ2v) is 10.3. The number of carbonyl (C=O) groups excluding carboxylic acids is 1. The predicted molar refractivity (Wildman–Crippen MR) is 138 cm³/mol. The maximum atomic E-state index is 13.8. The van der Waals surface area contributed by atoms with Crippen LogP contribution in [0, 0.1) is 17.1 Å². The van der Waals surface area contributed by atoms with Crippen molar-refractivity contribution in [3.05, 3.63) is 86.8 Å². The molecular formula is C27H22Cl2F4N4O2. The molecule has 1 aliphatic heterocycles. The van der Waals surface area contributed by atoms with E-state index in [0.717, 1.165) is 18.4 Å². The van der Waals surface area contributed by atoms with Crippen LogP contribution in [-0.4, -0.2) is 35.0 Å². The molecule has 1 saturated heterocycles. The van der Waals surface area contributed by atoms with Crippen LogP contribution < -0.4 is 5.32 Å². The smallest absolute Gasteiger partial charge is 0.418 e. The van der Waals surface area contributed by atoms with Gasteiger partial charge >= 0.3 is 6.18 Å². The van der Waals surface area contributed by atoms with Crippen molar-refractivity contribution in [3.63, 3.8) is 0 Å². The minimum atomic E-state index is -4.88. The van der Waals surface area contributed by atoms with E-state index in [1.807, 2.05) is 0 Å². The van der Waals surface area contributed by atoms with Crippen LogP contribution in [0.25, 0.3) is 11.3 Å². The number of hydrogen-bond donors (Lipinski definition) is 2. The molecule has 5 rings (SSSR count). The average Bonchev–Trinajstić information content (AvgIpc) is 3.65. The van der Waals surface area contributed by atoms with Gasteiger partial charge in [-0.25, -0.2) is 4.39 Å². The number of halogens is 6. The number of aromatic nitrogens is 1. The largest absolute Gasteiger partial charge is 0.463 e. The van der Waals surface area contributed by atoms with E-state index in [9.17, 15) is 22.4 Å². The number of alkyl halides is 3. The molecule has 1 amide bonds. The van der Waals surface area contributed by atoms with Gasteiger partial charge in [-0.05, 0) is 66.3 Å². The van der Waals surface area contributed by atoms with Gasteiger partial charge < -0.3 is 15.0 Å². The van der Waals surface area contributed by atoms with E-state index in [1.165, 1.54) is 12.1 Å². The molecular weight excluding hydrogens is 559 g/mol. The highest BCUT2D eigenvalue weighted by atomic mass is 35.5. The molecule has 2 heterocycles. The van der Waals surface area contributed by atoms with Crippen molar-refractivity contribution in [1.29, 1.82) is 5.41 Å². The quantitative estimate of drug-likeness (QED) is 0.299. The number of pyridine rings is 1. The van der Waals surface area contributed by atoms with Gasteiger partial charge in [-0.3, -0.25) is 15.2 Å². The highest BCUT2D eigenvalue weighted by Crippen LogP contribution is 2.42. The molecule has 204 valence electrons. The zero-order chi connectivity index (χ0) is 27.9. The zero-order valence-corrected chi connectivity index (χ0v) is 21.8. The van der Waals surface area contributed by atoms with Crippen molar-refractivity contribution in [1.82, 2.24) is 15.2 Å². The summed E-state index contributed by atoms with van der Waals surface area (Å²) in [5, 5.41) is 11.6. The molecule has 1 aliphatic carbocycles. The fourth-order valence-corrected chi connectivity index (χ4v) is 4.89. The van der Waals surface area contributed by atoms with E-state index in [0.29, 0.717) is 41.0 Å². The minimum Gasteiger partial charge on any atom is -0.463 e. The number of rotatable bonds is 7. The molecule has 1 atom stereocenters. The summed E-state index contributed by atoms with van der Waals surface area (Å²) < 4.78 is 60.3. The zero-order valence-electron chi connectivity index (χ0n) is 20.3. The second kappa shape index (κ2) is 10.7. The SMILES string of the molecule is N=C1OCCN1Cc1cc(C(=O)N[C@H](c2ccc(Cl)c(Cl)c2)C2CC2)cc(-c2ncc(F)cc2C(F)(F)F)c1.